The van der Waals surface area contributed by atoms with Gasteiger partial charge in [-0.05, 0) is 24.0 Å². The zero-order valence-corrected chi connectivity index (χ0v) is 12.8. The Hall–Kier alpha value is -1.84. The summed E-state index contributed by atoms with van der Waals surface area (Å²) in [6, 6.07) is 17.6. The normalized spacial score (nSPS) is 10.9. The molecule has 2 aromatic rings. The Kier molecular flexibility index (Phi) is 6.25. The van der Waals surface area contributed by atoms with Crippen LogP contribution in [0.5, 0.6) is 0 Å². The van der Waals surface area contributed by atoms with E-state index in [0.29, 0.717) is 12.2 Å². The van der Waals surface area contributed by atoms with Crippen LogP contribution in [0.1, 0.15) is 15.9 Å². The van der Waals surface area contributed by atoms with E-state index < -0.39 is 0 Å². The van der Waals surface area contributed by atoms with Gasteiger partial charge in [0.15, 0.2) is 5.78 Å². The molecule has 0 aliphatic rings. The number of thioether (sulfide) groups is 1. The fourth-order valence-corrected chi connectivity index (χ4v) is 2.24. The van der Waals surface area contributed by atoms with E-state index in [2.05, 4.69) is 0 Å². The molecule has 0 heterocycles. The summed E-state index contributed by atoms with van der Waals surface area (Å²) in [5.41, 5.74) is 1.82. The van der Waals surface area contributed by atoms with Crippen LogP contribution in [0.4, 0.5) is 0 Å². The van der Waals surface area contributed by atoms with Crippen molar-refractivity contribution in [3.8, 4) is 0 Å². The minimum absolute atomic E-state index is 0.00997. The van der Waals surface area contributed by atoms with Crippen molar-refractivity contribution in [2.75, 3.05) is 19.5 Å². The average molecular weight is 298 g/mol. The molecule has 0 saturated carbocycles. The zero-order chi connectivity index (χ0) is 14.9. The van der Waals surface area contributed by atoms with E-state index >= 15 is 0 Å². The van der Waals surface area contributed by atoms with Crippen molar-refractivity contribution in [2.45, 2.75) is 4.90 Å². The van der Waals surface area contributed by atoms with Gasteiger partial charge in [-0.2, -0.15) is 0 Å². The van der Waals surface area contributed by atoms with Gasteiger partial charge in [-0.25, -0.2) is 0 Å². The summed E-state index contributed by atoms with van der Waals surface area (Å²) in [4.78, 5) is 13.1. The molecule has 0 N–H and O–H groups in total. The lowest BCUT2D eigenvalue weighted by Gasteiger charge is -2.02. The first-order chi connectivity index (χ1) is 10.3. The van der Waals surface area contributed by atoms with E-state index in [4.69, 9.17) is 4.74 Å². The number of Topliss-reactive ketones (excluding diaryl/α,β-unsaturated/α-hetero) is 1. The van der Waals surface area contributed by atoms with Crippen LogP contribution >= 0.6 is 11.8 Å². The molecule has 2 rings (SSSR count). The molecule has 2 nitrogen and oxygen atoms in total. The predicted octanol–water partition coefficient (Wildman–Crippen LogP) is 4.32. The van der Waals surface area contributed by atoms with Crippen molar-refractivity contribution < 1.29 is 9.53 Å². The van der Waals surface area contributed by atoms with Crippen molar-refractivity contribution in [2.24, 2.45) is 0 Å². The Morgan fingerprint density at radius 1 is 1.10 bits per heavy atom. The first-order valence-electron chi connectivity index (χ1n) is 6.76. The van der Waals surface area contributed by atoms with Gasteiger partial charge in [0, 0.05) is 10.5 Å². The molecule has 21 heavy (non-hydrogen) atoms. The summed E-state index contributed by atoms with van der Waals surface area (Å²) in [5.74, 6) is 0.00997. The molecule has 0 atom stereocenters. The lowest BCUT2D eigenvalue weighted by molar-refractivity contribution is 0.0806. The number of benzene rings is 2. The van der Waals surface area contributed by atoms with Crippen LogP contribution in [0.15, 0.2) is 65.6 Å². The molecule has 0 radical (unpaired) electrons. The molecule has 0 aliphatic carbocycles. The minimum Gasteiger partial charge on any atom is -0.369 e. The summed E-state index contributed by atoms with van der Waals surface area (Å²) in [5, 5.41) is 0. The topological polar surface area (TPSA) is 26.3 Å². The molecule has 2 aromatic carbocycles. The quantitative estimate of drug-likeness (QED) is 0.432. The molecule has 0 amide bonds. The maximum Gasteiger partial charge on any atom is 0.188 e. The third-order valence-corrected chi connectivity index (χ3v) is 3.71. The number of hydrogen-bond donors (Lipinski definition) is 0. The standard InChI is InChI=1S/C18H18O2S/c1-21-17-11-9-16(10-12-17)18(19)14-20-13-5-8-15-6-3-2-4-7-15/h2-12H,13-14H2,1H3. The predicted molar refractivity (Wildman–Crippen MR) is 88.8 cm³/mol. The van der Waals surface area contributed by atoms with Crippen LogP contribution in [0.3, 0.4) is 0 Å². The minimum atomic E-state index is 0.00997. The van der Waals surface area contributed by atoms with Gasteiger partial charge in [0.05, 0.1) is 6.61 Å². The second-order valence-corrected chi connectivity index (χ2v) is 5.36. The Morgan fingerprint density at radius 2 is 1.81 bits per heavy atom. The fraction of sp³-hybridized carbons (Fsp3) is 0.167. The summed E-state index contributed by atoms with van der Waals surface area (Å²) in [7, 11) is 0. The molecule has 3 heteroatoms. The van der Waals surface area contributed by atoms with Crippen LogP contribution in [-0.2, 0) is 4.74 Å². The SMILES string of the molecule is CSc1ccc(C(=O)COCC=Cc2ccccc2)cc1. The monoisotopic (exact) mass is 298 g/mol. The third kappa shape index (κ3) is 5.21. The van der Waals surface area contributed by atoms with E-state index in [1.807, 2.05) is 73.0 Å². The molecule has 0 spiro atoms. The second kappa shape index (κ2) is 8.45. The average Bonchev–Trinajstić information content (AvgIpc) is 2.55. The first-order valence-corrected chi connectivity index (χ1v) is 7.98. The number of ketones is 1. The Labute approximate surface area is 129 Å². The summed E-state index contributed by atoms with van der Waals surface area (Å²) in [6.45, 7) is 0.543. The highest BCUT2D eigenvalue weighted by Gasteiger charge is 2.05. The Morgan fingerprint density at radius 3 is 2.48 bits per heavy atom. The van der Waals surface area contributed by atoms with E-state index in [1.54, 1.807) is 11.8 Å². The first kappa shape index (κ1) is 15.5. The maximum absolute atomic E-state index is 11.9. The van der Waals surface area contributed by atoms with Gasteiger partial charge in [0.2, 0.25) is 0 Å². The van der Waals surface area contributed by atoms with E-state index in [1.165, 1.54) is 0 Å². The summed E-state index contributed by atoms with van der Waals surface area (Å²) < 4.78 is 5.39. The van der Waals surface area contributed by atoms with Crippen LogP contribution in [0, 0.1) is 0 Å². The molecule has 0 fully saturated rings. The number of ether oxygens (including phenoxy) is 1. The number of rotatable bonds is 7. The smallest absolute Gasteiger partial charge is 0.188 e. The largest absolute Gasteiger partial charge is 0.369 e. The van der Waals surface area contributed by atoms with Crippen molar-refractivity contribution >= 4 is 23.6 Å². The summed E-state index contributed by atoms with van der Waals surface area (Å²) >= 11 is 1.66. The molecular weight excluding hydrogens is 280 g/mol. The van der Waals surface area contributed by atoms with Crippen LogP contribution in [0.25, 0.3) is 6.08 Å². The molecule has 108 valence electrons. The molecular formula is C18H18O2S. The maximum atomic E-state index is 11.9. The molecule has 0 saturated heterocycles. The van der Waals surface area contributed by atoms with Gasteiger partial charge in [0.1, 0.15) is 6.61 Å². The summed E-state index contributed by atoms with van der Waals surface area (Å²) in [6.07, 6.45) is 5.91. The van der Waals surface area contributed by atoms with Gasteiger partial charge in [-0.3, -0.25) is 4.79 Å². The van der Waals surface area contributed by atoms with Crippen molar-refractivity contribution in [1.82, 2.24) is 0 Å². The molecule has 0 bridgehead atoms. The van der Waals surface area contributed by atoms with Crippen molar-refractivity contribution in [3.63, 3.8) is 0 Å². The molecule has 0 aliphatic heterocycles. The Bertz CT molecular complexity index is 588. The third-order valence-electron chi connectivity index (χ3n) is 2.97. The van der Waals surface area contributed by atoms with E-state index in [0.717, 1.165) is 10.5 Å². The second-order valence-electron chi connectivity index (χ2n) is 4.48. The van der Waals surface area contributed by atoms with Crippen molar-refractivity contribution in [1.29, 1.82) is 0 Å². The van der Waals surface area contributed by atoms with E-state index in [-0.39, 0.29) is 12.4 Å². The number of hydrogen-bond acceptors (Lipinski definition) is 3. The van der Waals surface area contributed by atoms with Gasteiger partial charge < -0.3 is 4.74 Å². The van der Waals surface area contributed by atoms with E-state index in [9.17, 15) is 4.79 Å². The Balaban J connectivity index is 1.75. The van der Waals surface area contributed by atoms with Gasteiger partial charge in [-0.1, -0.05) is 54.6 Å². The number of carbonyl (C=O) groups excluding carboxylic acids is 1. The lowest BCUT2D eigenvalue weighted by atomic mass is 10.1. The van der Waals surface area contributed by atoms with Gasteiger partial charge in [-0.15, -0.1) is 11.8 Å². The zero-order valence-electron chi connectivity index (χ0n) is 12.0. The lowest BCUT2D eigenvalue weighted by Crippen LogP contribution is -2.08. The highest BCUT2D eigenvalue weighted by atomic mass is 32.2. The molecule has 0 unspecified atom stereocenters. The van der Waals surface area contributed by atoms with Gasteiger partial charge >= 0.3 is 0 Å². The highest BCUT2D eigenvalue weighted by molar-refractivity contribution is 7.98. The van der Waals surface area contributed by atoms with Crippen LogP contribution < -0.4 is 0 Å². The van der Waals surface area contributed by atoms with Crippen LogP contribution in [-0.4, -0.2) is 25.3 Å². The fourth-order valence-electron chi connectivity index (χ4n) is 1.83. The van der Waals surface area contributed by atoms with Gasteiger partial charge in [0.25, 0.3) is 0 Å². The van der Waals surface area contributed by atoms with Crippen LogP contribution in [0.2, 0.25) is 0 Å². The molecule has 0 aromatic heterocycles. The highest BCUT2D eigenvalue weighted by Crippen LogP contribution is 2.15. The number of carbonyl (C=O) groups is 1. The van der Waals surface area contributed by atoms with Crippen molar-refractivity contribution in [3.05, 3.63) is 71.8 Å².